The highest BCUT2D eigenvalue weighted by molar-refractivity contribution is 5.86. The lowest BCUT2D eigenvalue weighted by molar-refractivity contribution is 0.241. The molecule has 3 nitrogen and oxygen atoms in total. The molecule has 0 bridgehead atoms. The van der Waals surface area contributed by atoms with Crippen LogP contribution in [0.4, 0.5) is 0 Å². The summed E-state index contributed by atoms with van der Waals surface area (Å²) < 4.78 is 0. The van der Waals surface area contributed by atoms with Crippen LogP contribution in [0.3, 0.4) is 0 Å². The fourth-order valence-electron chi connectivity index (χ4n) is 3.75. The van der Waals surface area contributed by atoms with E-state index in [1.807, 2.05) is 0 Å². The molecule has 96 valence electrons. The highest BCUT2D eigenvalue weighted by Gasteiger charge is 2.33. The molecule has 0 amide bonds. The Labute approximate surface area is 112 Å². The number of aromatic amines is 1. The Morgan fingerprint density at radius 1 is 1.37 bits per heavy atom. The third-order valence-corrected chi connectivity index (χ3v) is 4.63. The van der Waals surface area contributed by atoms with Gasteiger partial charge < -0.3 is 4.98 Å². The van der Waals surface area contributed by atoms with Gasteiger partial charge in [0.25, 0.3) is 0 Å². The molecule has 0 aliphatic carbocycles. The maximum atomic E-state index is 8.84. The van der Waals surface area contributed by atoms with Gasteiger partial charge in [0.1, 0.15) is 0 Å². The Morgan fingerprint density at radius 3 is 3.21 bits per heavy atom. The van der Waals surface area contributed by atoms with Crippen LogP contribution in [0.25, 0.3) is 10.9 Å². The number of hydrogen-bond donors (Lipinski definition) is 1. The molecule has 1 saturated heterocycles. The zero-order valence-corrected chi connectivity index (χ0v) is 10.9. The third-order valence-electron chi connectivity index (χ3n) is 4.63. The molecule has 0 radical (unpaired) electrons. The van der Waals surface area contributed by atoms with E-state index in [1.165, 1.54) is 48.1 Å². The van der Waals surface area contributed by atoms with E-state index in [0.717, 1.165) is 12.0 Å². The van der Waals surface area contributed by atoms with E-state index in [0.29, 0.717) is 12.5 Å². The van der Waals surface area contributed by atoms with E-state index in [-0.39, 0.29) is 0 Å². The lowest BCUT2D eigenvalue weighted by atomic mass is 9.97. The Kier molecular flexibility index (Phi) is 2.39. The van der Waals surface area contributed by atoms with Gasteiger partial charge in [0.2, 0.25) is 0 Å². The SMILES string of the molecule is N#CCc1ccc2[nH]c3c(c2c1)CCN1CCCC31. The third kappa shape index (κ3) is 1.60. The molecule has 2 aliphatic rings. The zero-order chi connectivity index (χ0) is 12.8. The first-order valence-corrected chi connectivity index (χ1v) is 7.11. The van der Waals surface area contributed by atoms with Crippen LogP contribution in [0.2, 0.25) is 0 Å². The quantitative estimate of drug-likeness (QED) is 0.846. The number of rotatable bonds is 1. The number of aromatic nitrogens is 1. The number of nitrogens with zero attached hydrogens (tertiary/aromatic N) is 2. The fraction of sp³-hybridized carbons (Fsp3) is 0.438. The van der Waals surface area contributed by atoms with Crippen molar-refractivity contribution in [3.63, 3.8) is 0 Å². The summed E-state index contributed by atoms with van der Waals surface area (Å²) in [6.07, 6.45) is 4.25. The number of hydrogen-bond acceptors (Lipinski definition) is 2. The Balaban J connectivity index is 1.87. The van der Waals surface area contributed by atoms with Crippen LogP contribution in [0.5, 0.6) is 0 Å². The van der Waals surface area contributed by atoms with Crippen molar-refractivity contribution in [2.45, 2.75) is 31.7 Å². The van der Waals surface area contributed by atoms with Gasteiger partial charge in [-0.05, 0) is 49.1 Å². The van der Waals surface area contributed by atoms with Gasteiger partial charge in [0, 0.05) is 23.1 Å². The molecule has 1 fully saturated rings. The predicted molar refractivity (Wildman–Crippen MR) is 74.9 cm³/mol. The molecule has 0 spiro atoms. The van der Waals surface area contributed by atoms with Gasteiger partial charge >= 0.3 is 0 Å². The first-order valence-electron chi connectivity index (χ1n) is 7.11. The number of nitriles is 1. The largest absolute Gasteiger partial charge is 0.357 e. The standard InChI is InChI=1S/C16H17N3/c17-7-5-11-3-4-14-13(10-11)12-6-9-19-8-1-2-15(19)16(12)18-14/h3-4,10,15,18H,1-2,5-6,8-9H2. The summed E-state index contributed by atoms with van der Waals surface area (Å²) in [6, 6.07) is 9.26. The summed E-state index contributed by atoms with van der Waals surface area (Å²) in [5, 5.41) is 10.2. The normalized spacial score (nSPS) is 22.2. The molecule has 3 heterocycles. The molecule has 2 aliphatic heterocycles. The fourth-order valence-corrected chi connectivity index (χ4v) is 3.75. The first-order chi connectivity index (χ1) is 9.36. The van der Waals surface area contributed by atoms with Crippen LogP contribution >= 0.6 is 0 Å². The molecule has 1 aromatic heterocycles. The highest BCUT2D eigenvalue weighted by atomic mass is 15.2. The second-order valence-electron chi connectivity index (χ2n) is 5.68. The molecule has 1 aromatic carbocycles. The maximum Gasteiger partial charge on any atom is 0.0669 e. The summed E-state index contributed by atoms with van der Waals surface area (Å²) in [6.45, 7) is 2.44. The molecule has 1 N–H and O–H groups in total. The van der Waals surface area contributed by atoms with Gasteiger partial charge in [0.05, 0.1) is 18.5 Å². The molecule has 1 unspecified atom stereocenters. The van der Waals surface area contributed by atoms with Gasteiger partial charge in [-0.15, -0.1) is 0 Å². The molecular weight excluding hydrogens is 234 g/mol. The van der Waals surface area contributed by atoms with Gasteiger partial charge in [-0.2, -0.15) is 5.26 Å². The average molecular weight is 251 g/mol. The summed E-state index contributed by atoms with van der Waals surface area (Å²) in [7, 11) is 0. The number of nitrogens with one attached hydrogen (secondary N) is 1. The second kappa shape index (κ2) is 4.11. The topological polar surface area (TPSA) is 42.8 Å². The van der Waals surface area contributed by atoms with Crippen molar-refractivity contribution in [3.8, 4) is 6.07 Å². The molecule has 1 atom stereocenters. The smallest absolute Gasteiger partial charge is 0.0669 e. The minimum absolute atomic E-state index is 0.505. The molecule has 3 heteroatoms. The lowest BCUT2D eigenvalue weighted by Crippen LogP contribution is -2.30. The van der Waals surface area contributed by atoms with Crippen molar-refractivity contribution in [2.75, 3.05) is 13.1 Å². The van der Waals surface area contributed by atoms with E-state index in [9.17, 15) is 0 Å². The van der Waals surface area contributed by atoms with Crippen LogP contribution in [-0.4, -0.2) is 23.0 Å². The predicted octanol–water partition coefficient (Wildman–Crippen LogP) is 2.93. The highest BCUT2D eigenvalue weighted by Crippen LogP contribution is 2.40. The number of H-pyrrole nitrogens is 1. The molecule has 4 rings (SSSR count). The van der Waals surface area contributed by atoms with Crippen LogP contribution < -0.4 is 0 Å². The van der Waals surface area contributed by atoms with Crippen LogP contribution in [0.15, 0.2) is 18.2 Å². The van der Waals surface area contributed by atoms with E-state index < -0.39 is 0 Å². The minimum atomic E-state index is 0.505. The molecule has 2 aromatic rings. The molecule has 0 saturated carbocycles. The van der Waals surface area contributed by atoms with Crippen LogP contribution in [-0.2, 0) is 12.8 Å². The van der Waals surface area contributed by atoms with Crippen molar-refractivity contribution < 1.29 is 0 Å². The van der Waals surface area contributed by atoms with Crippen molar-refractivity contribution in [2.24, 2.45) is 0 Å². The summed E-state index contributed by atoms with van der Waals surface area (Å²) in [5.74, 6) is 0. The van der Waals surface area contributed by atoms with Crippen molar-refractivity contribution in [3.05, 3.63) is 35.0 Å². The monoisotopic (exact) mass is 251 g/mol. The average Bonchev–Trinajstić information content (AvgIpc) is 3.01. The minimum Gasteiger partial charge on any atom is -0.357 e. The lowest BCUT2D eigenvalue weighted by Gasteiger charge is -2.29. The van der Waals surface area contributed by atoms with E-state index in [1.54, 1.807) is 0 Å². The van der Waals surface area contributed by atoms with Gasteiger partial charge in [-0.1, -0.05) is 6.07 Å². The molecule has 19 heavy (non-hydrogen) atoms. The van der Waals surface area contributed by atoms with Gasteiger partial charge in [-0.25, -0.2) is 0 Å². The Bertz CT molecular complexity index is 677. The van der Waals surface area contributed by atoms with Crippen molar-refractivity contribution >= 4 is 10.9 Å². The Morgan fingerprint density at radius 2 is 2.32 bits per heavy atom. The number of fused-ring (bicyclic) bond motifs is 5. The van der Waals surface area contributed by atoms with Gasteiger partial charge in [0.15, 0.2) is 0 Å². The van der Waals surface area contributed by atoms with Crippen LogP contribution in [0.1, 0.15) is 35.7 Å². The maximum absolute atomic E-state index is 8.84. The summed E-state index contributed by atoms with van der Waals surface area (Å²) >= 11 is 0. The van der Waals surface area contributed by atoms with Crippen molar-refractivity contribution in [1.82, 2.24) is 9.88 Å². The van der Waals surface area contributed by atoms with Crippen LogP contribution in [0, 0.1) is 11.3 Å². The Hall–Kier alpha value is -1.79. The van der Waals surface area contributed by atoms with E-state index in [4.69, 9.17) is 5.26 Å². The summed E-state index contributed by atoms with van der Waals surface area (Å²) in [4.78, 5) is 6.24. The van der Waals surface area contributed by atoms with Gasteiger partial charge in [-0.3, -0.25) is 4.90 Å². The van der Waals surface area contributed by atoms with E-state index >= 15 is 0 Å². The first kappa shape index (κ1) is 11.1. The van der Waals surface area contributed by atoms with E-state index in [2.05, 4.69) is 34.2 Å². The zero-order valence-electron chi connectivity index (χ0n) is 10.9. The van der Waals surface area contributed by atoms with Crippen molar-refractivity contribution in [1.29, 1.82) is 5.26 Å². The number of benzene rings is 1. The second-order valence-corrected chi connectivity index (χ2v) is 5.68. The summed E-state index contributed by atoms with van der Waals surface area (Å²) in [5.41, 5.74) is 5.30. The molecular formula is C16H17N3.